The highest BCUT2D eigenvalue weighted by atomic mass is 32.1. The Morgan fingerprint density at radius 2 is 2.19 bits per heavy atom. The molecule has 0 aliphatic carbocycles. The molecular formula is C13H21N5O2S. The van der Waals surface area contributed by atoms with Gasteiger partial charge in [-0.15, -0.1) is 0 Å². The first-order chi connectivity index (χ1) is 10.2. The molecule has 0 amide bonds. The van der Waals surface area contributed by atoms with Gasteiger partial charge in [-0.05, 0) is 18.6 Å². The Labute approximate surface area is 130 Å². The maximum atomic E-state index is 5.35. The van der Waals surface area contributed by atoms with Gasteiger partial charge in [0.1, 0.15) is 5.82 Å². The van der Waals surface area contributed by atoms with Crippen molar-refractivity contribution in [2.45, 2.75) is 13.3 Å². The van der Waals surface area contributed by atoms with Crippen LogP contribution in [0.5, 0.6) is 5.88 Å². The van der Waals surface area contributed by atoms with E-state index in [1.54, 1.807) is 7.11 Å². The molecule has 2 rings (SSSR count). The van der Waals surface area contributed by atoms with Crippen molar-refractivity contribution in [1.82, 2.24) is 15.3 Å². The average molecular weight is 311 g/mol. The van der Waals surface area contributed by atoms with Crippen LogP contribution in [0.3, 0.4) is 0 Å². The number of anilines is 2. The molecule has 8 heteroatoms. The number of ether oxygens (including phenoxy) is 2. The van der Waals surface area contributed by atoms with E-state index < -0.39 is 0 Å². The Morgan fingerprint density at radius 1 is 1.43 bits per heavy atom. The number of nitrogens with zero attached hydrogens (tertiary/aromatic N) is 3. The van der Waals surface area contributed by atoms with Gasteiger partial charge in [-0.2, -0.15) is 9.97 Å². The smallest absolute Gasteiger partial charge is 0.234 e. The minimum Gasteiger partial charge on any atom is -0.481 e. The zero-order chi connectivity index (χ0) is 15.1. The van der Waals surface area contributed by atoms with Crippen molar-refractivity contribution < 1.29 is 9.47 Å². The van der Waals surface area contributed by atoms with Crippen LogP contribution in [0, 0.1) is 0 Å². The van der Waals surface area contributed by atoms with Crippen LogP contribution < -0.4 is 20.3 Å². The van der Waals surface area contributed by atoms with Crippen molar-refractivity contribution in [2.75, 3.05) is 50.2 Å². The summed E-state index contributed by atoms with van der Waals surface area (Å²) in [5, 5.41) is 6.59. The molecule has 2 N–H and O–H groups in total. The largest absolute Gasteiger partial charge is 0.481 e. The predicted molar refractivity (Wildman–Crippen MR) is 86.1 cm³/mol. The molecular weight excluding hydrogens is 290 g/mol. The fraction of sp³-hybridized carbons (Fsp3) is 0.615. The van der Waals surface area contributed by atoms with Crippen LogP contribution in [0.2, 0.25) is 0 Å². The lowest BCUT2D eigenvalue weighted by molar-refractivity contribution is 0.122. The number of thiocarbonyl (C=S) groups is 1. The van der Waals surface area contributed by atoms with Crippen LogP contribution in [-0.2, 0) is 4.74 Å². The number of rotatable bonds is 5. The molecule has 1 aromatic heterocycles. The summed E-state index contributed by atoms with van der Waals surface area (Å²) in [5.74, 6) is 1.75. The van der Waals surface area contributed by atoms with E-state index in [1.165, 1.54) is 0 Å². The summed E-state index contributed by atoms with van der Waals surface area (Å²) in [7, 11) is 1.59. The average Bonchev–Trinajstić information content (AvgIpc) is 2.53. The molecule has 1 fully saturated rings. The van der Waals surface area contributed by atoms with Crippen molar-refractivity contribution in [3.05, 3.63) is 6.07 Å². The van der Waals surface area contributed by atoms with Crippen molar-refractivity contribution >= 4 is 29.1 Å². The fourth-order valence-corrected chi connectivity index (χ4v) is 2.11. The van der Waals surface area contributed by atoms with Gasteiger partial charge in [-0.25, -0.2) is 0 Å². The van der Waals surface area contributed by atoms with E-state index in [2.05, 4.69) is 32.4 Å². The first kappa shape index (κ1) is 15.7. The normalized spacial score (nSPS) is 14.7. The third kappa shape index (κ3) is 4.68. The van der Waals surface area contributed by atoms with Gasteiger partial charge in [0, 0.05) is 25.7 Å². The van der Waals surface area contributed by atoms with Crippen molar-refractivity contribution in [2.24, 2.45) is 0 Å². The van der Waals surface area contributed by atoms with Crippen molar-refractivity contribution in [3.63, 3.8) is 0 Å². The molecule has 0 bridgehead atoms. The van der Waals surface area contributed by atoms with Crippen LogP contribution in [0.25, 0.3) is 0 Å². The van der Waals surface area contributed by atoms with Gasteiger partial charge < -0.3 is 25.0 Å². The van der Waals surface area contributed by atoms with Crippen LogP contribution in [-0.4, -0.2) is 55.0 Å². The Morgan fingerprint density at radius 3 is 2.86 bits per heavy atom. The second-order valence-electron chi connectivity index (χ2n) is 4.57. The number of nitrogens with one attached hydrogen (secondary N) is 2. The Bertz CT molecular complexity index is 480. The van der Waals surface area contributed by atoms with Crippen LogP contribution in [0.1, 0.15) is 13.3 Å². The molecule has 0 unspecified atom stereocenters. The Kier molecular flexibility index (Phi) is 5.94. The van der Waals surface area contributed by atoms with E-state index in [9.17, 15) is 0 Å². The molecule has 1 aromatic rings. The minimum absolute atomic E-state index is 0.435. The molecule has 0 aromatic carbocycles. The van der Waals surface area contributed by atoms with E-state index in [-0.39, 0.29) is 0 Å². The van der Waals surface area contributed by atoms with Gasteiger partial charge in [0.2, 0.25) is 11.8 Å². The van der Waals surface area contributed by atoms with Gasteiger partial charge >= 0.3 is 0 Å². The van der Waals surface area contributed by atoms with E-state index in [0.29, 0.717) is 30.2 Å². The summed E-state index contributed by atoms with van der Waals surface area (Å²) in [4.78, 5) is 10.9. The number of hydrogen-bond acceptors (Lipinski definition) is 6. The molecule has 0 radical (unpaired) electrons. The quantitative estimate of drug-likeness (QED) is 0.781. The molecule has 0 atom stereocenters. The second kappa shape index (κ2) is 7.94. The first-order valence-corrected chi connectivity index (χ1v) is 7.44. The van der Waals surface area contributed by atoms with Crippen molar-refractivity contribution in [3.8, 4) is 5.88 Å². The van der Waals surface area contributed by atoms with Gasteiger partial charge in [0.05, 0.1) is 20.3 Å². The zero-order valence-corrected chi connectivity index (χ0v) is 13.2. The van der Waals surface area contributed by atoms with Crippen LogP contribution >= 0.6 is 12.2 Å². The standard InChI is InChI=1S/C13H21N5O2S/c1-3-4-14-13(21)17-12-15-10(9-11(16-12)19-2)18-5-7-20-8-6-18/h9H,3-8H2,1-2H3,(H2,14,15,16,17,21). The lowest BCUT2D eigenvalue weighted by atomic mass is 10.4. The molecule has 2 heterocycles. The van der Waals surface area contributed by atoms with E-state index in [1.807, 2.05) is 6.07 Å². The number of methoxy groups -OCH3 is 1. The zero-order valence-electron chi connectivity index (χ0n) is 12.4. The lowest BCUT2D eigenvalue weighted by Gasteiger charge is -2.28. The Balaban J connectivity index is 2.11. The molecule has 7 nitrogen and oxygen atoms in total. The van der Waals surface area contributed by atoms with Crippen LogP contribution in [0.15, 0.2) is 6.07 Å². The maximum Gasteiger partial charge on any atom is 0.234 e. The SMILES string of the molecule is CCCNC(=S)Nc1nc(OC)cc(N2CCOCC2)n1. The first-order valence-electron chi connectivity index (χ1n) is 7.03. The summed E-state index contributed by atoms with van der Waals surface area (Å²) in [5.41, 5.74) is 0. The summed E-state index contributed by atoms with van der Waals surface area (Å²) in [6.07, 6.45) is 1.000. The molecule has 0 saturated carbocycles. The summed E-state index contributed by atoms with van der Waals surface area (Å²) < 4.78 is 10.6. The monoisotopic (exact) mass is 311 g/mol. The van der Waals surface area contributed by atoms with E-state index >= 15 is 0 Å². The van der Waals surface area contributed by atoms with E-state index in [4.69, 9.17) is 21.7 Å². The predicted octanol–water partition coefficient (Wildman–Crippen LogP) is 1.02. The van der Waals surface area contributed by atoms with Gasteiger partial charge in [0.15, 0.2) is 5.11 Å². The highest BCUT2D eigenvalue weighted by Gasteiger charge is 2.15. The number of hydrogen-bond donors (Lipinski definition) is 2. The fourth-order valence-electron chi connectivity index (χ4n) is 1.91. The molecule has 1 aliphatic heterocycles. The maximum absolute atomic E-state index is 5.35. The van der Waals surface area contributed by atoms with Crippen LogP contribution in [0.4, 0.5) is 11.8 Å². The second-order valence-corrected chi connectivity index (χ2v) is 4.98. The molecule has 0 spiro atoms. The topological polar surface area (TPSA) is 71.5 Å². The molecule has 116 valence electrons. The van der Waals surface area contributed by atoms with Gasteiger partial charge in [-0.3, -0.25) is 0 Å². The minimum atomic E-state index is 0.435. The number of morpholine rings is 1. The lowest BCUT2D eigenvalue weighted by Crippen LogP contribution is -2.37. The van der Waals surface area contributed by atoms with Crippen molar-refractivity contribution in [1.29, 1.82) is 0 Å². The van der Waals surface area contributed by atoms with E-state index in [0.717, 1.165) is 31.9 Å². The Hall–Kier alpha value is -1.67. The summed E-state index contributed by atoms with van der Waals surface area (Å²) in [6, 6.07) is 1.82. The highest BCUT2D eigenvalue weighted by Crippen LogP contribution is 2.20. The third-order valence-corrected chi connectivity index (χ3v) is 3.24. The van der Waals surface area contributed by atoms with Gasteiger partial charge in [0.25, 0.3) is 0 Å². The molecule has 1 aliphatic rings. The summed E-state index contributed by atoms with van der Waals surface area (Å²) >= 11 is 5.20. The third-order valence-electron chi connectivity index (χ3n) is 2.99. The van der Waals surface area contributed by atoms with Gasteiger partial charge in [-0.1, -0.05) is 6.92 Å². The number of aromatic nitrogens is 2. The molecule has 21 heavy (non-hydrogen) atoms. The molecule has 1 saturated heterocycles. The summed E-state index contributed by atoms with van der Waals surface area (Å²) in [6.45, 7) is 5.90. The highest BCUT2D eigenvalue weighted by molar-refractivity contribution is 7.80.